The molecule has 0 fully saturated rings. The number of amides is 1. The van der Waals surface area contributed by atoms with Gasteiger partial charge < -0.3 is 9.47 Å². The van der Waals surface area contributed by atoms with Crippen molar-refractivity contribution in [3.05, 3.63) is 11.8 Å². The monoisotopic (exact) mass is 242 g/mol. The largest absolute Gasteiger partial charge is 0.463 e. The second kappa shape index (κ2) is 6.78. The van der Waals surface area contributed by atoms with E-state index in [0.717, 1.165) is 6.08 Å². The molecule has 0 rings (SSSR count). The average molecular weight is 242 g/mol. The number of carbonyl (C=O) groups is 2. The summed E-state index contributed by atoms with van der Waals surface area (Å²) in [6.45, 7) is 8.69. The maximum atomic E-state index is 11.1. The van der Waals surface area contributed by atoms with Crippen molar-refractivity contribution >= 4 is 12.1 Å². The third-order valence-corrected chi connectivity index (χ3v) is 1.30. The minimum Gasteiger partial charge on any atom is -0.463 e. The van der Waals surface area contributed by atoms with Gasteiger partial charge >= 0.3 is 12.1 Å². The molecule has 0 spiro atoms. The van der Waals surface area contributed by atoms with Gasteiger partial charge in [-0.25, -0.2) is 9.59 Å². The van der Waals surface area contributed by atoms with Gasteiger partial charge in [0.2, 0.25) is 0 Å². The zero-order chi connectivity index (χ0) is 13.5. The summed E-state index contributed by atoms with van der Waals surface area (Å²) in [5.41, 5.74) is -0.344. The summed E-state index contributed by atoms with van der Waals surface area (Å²) in [7, 11) is 0. The van der Waals surface area contributed by atoms with E-state index < -0.39 is 17.7 Å². The van der Waals surface area contributed by atoms with Gasteiger partial charge in [-0.1, -0.05) is 5.11 Å². The zero-order valence-electron chi connectivity index (χ0n) is 10.8. The fraction of sp³-hybridized carbons (Fsp3) is 0.636. The van der Waals surface area contributed by atoms with Crippen LogP contribution < -0.4 is 0 Å². The molecule has 0 heterocycles. The van der Waals surface area contributed by atoms with Crippen molar-refractivity contribution in [2.75, 3.05) is 6.61 Å². The van der Waals surface area contributed by atoms with Crippen LogP contribution in [0.25, 0.3) is 0 Å². The summed E-state index contributed by atoms with van der Waals surface area (Å²) in [6.07, 6.45) is 0.353. The van der Waals surface area contributed by atoms with Crippen LogP contribution in [0.1, 0.15) is 34.6 Å². The Morgan fingerprint density at radius 3 is 2.29 bits per heavy atom. The number of rotatable bonds is 3. The maximum Gasteiger partial charge on any atom is 0.452 e. The Balaban J connectivity index is 4.33. The Morgan fingerprint density at radius 2 is 1.82 bits per heavy atom. The van der Waals surface area contributed by atoms with E-state index in [9.17, 15) is 9.59 Å². The molecule has 0 bridgehead atoms. The van der Waals surface area contributed by atoms with E-state index in [0.29, 0.717) is 0 Å². The second-order valence-corrected chi connectivity index (χ2v) is 4.22. The van der Waals surface area contributed by atoms with Gasteiger partial charge in [0, 0.05) is 6.08 Å². The molecule has 0 aromatic rings. The lowest BCUT2D eigenvalue weighted by Crippen LogP contribution is -2.21. The van der Waals surface area contributed by atoms with Crippen molar-refractivity contribution < 1.29 is 19.1 Å². The quantitative estimate of drug-likeness (QED) is 0.433. The fourth-order valence-corrected chi connectivity index (χ4v) is 0.785. The normalized spacial score (nSPS) is 12.6. The topological polar surface area (TPSA) is 77.3 Å². The lowest BCUT2D eigenvalue weighted by atomic mass is 10.2. The Kier molecular flexibility index (Phi) is 6.09. The number of hydrogen-bond donors (Lipinski definition) is 0. The molecular weight excluding hydrogens is 224 g/mol. The average Bonchev–Trinajstić information content (AvgIpc) is 2.12. The molecule has 0 saturated carbocycles. The number of esters is 1. The van der Waals surface area contributed by atoms with Crippen LogP contribution in [-0.4, -0.2) is 24.3 Å². The molecule has 0 unspecified atom stereocenters. The maximum absolute atomic E-state index is 11.1. The first kappa shape index (κ1) is 15.3. The van der Waals surface area contributed by atoms with Gasteiger partial charge in [-0.05, 0) is 34.6 Å². The Hall–Kier alpha value is -1.72. The predicted octanol–water partition coefficient (Wildman–Crippen LogP) is 2.84. The molecule has 0 N–H and O–H groups in total. The summed E-state index contributed by atoms with van der Waals surface area (Å²) in [5, 5.41) is 6.85. The molecular formula is C11H18N2O4. The van der Waals surface area contributed by atoms with Crippen LogP contribution in [0.2, 0.25) is 0 Å². The Morgan fingerprint density at radius 1 is 1.24 bits per heavy atom. The molecule has 0 aromatic carbocycles. The third kappa shape index (κ3) is 9.22. The second-order valence-electron chi connectivity index (χ2n) is 4.22. The van der Waals surface area contributed by atoms with Gasteiger partial charge in [-0.15, -0.1) is 5.11 Å². The molecule has 0 aliphatic rings. The number of nitrogens with zero attached hydrogens (tertiary/aromatic N) is 2. The first-order valence-corrected chi connectivity index (χ1v) is 5.24. The van der Waals surface area contributed by atoms with Crippen LogP contribution in [-0.2, 0) is 14.3 Å². The fourth-order valence-electron chi connectivity index (χ4n) is 0.785. The number of hydrogen-bond acceptors (Lipinski definition) is 5. The first-order valence-electron chi connectivity index (χ1n) is 5.24. The highest BCUT2D eigenvalue weighted by Crippen LogP contribution is 2.08. The van der Waals surface area contributed by atoms with Crippen molar-refractivity contribution in [2.24, 2.45) is 10.2 Å². The van der Waals surface area contributed by atoms with Gasteiger partial charge in [-0.2, -0.15) is 0 Å². The highest BCUT2D eigenvalue weighted by Gasteiger charge is 2.15. The van der Waals surface area contributed by atoms with Crippen molar-refractivity contribution in [2.45, 2.75) is 40.2 Å². The Labute approximate surface area is 101 Å². The van der Waals surface area contributed by atoms with Crippen LogP contribution >= 0.6 is 0 Å². The predicted molar refractivity (Wildman–Crippen MR) is 61.5 cm³/mol. The van der Waals surface area contributed by atoms with E-state index in [1.54, 1.807) is 27.7 Å². The van der Waals surface area contributed by atoms with Crippen LogP contribution in [0.3, 0.4) is 0 Å². The van der Waals surface area contributed by atoms with Crippen molar-refractivity contribution in [3.8, 4) is 0 Å². The number of carbonyl (C=O) groups excluding carboxylic acids is 2. The molecule has 0 aliphatic heterocycles. The molecule has 96 valence electrons. The number of azo groups is 1. The van der Waals surface area contributed by atoms with E-state index in [2.05, 4.69) is 15.0 Å². The molecule has 0 aromatic heterocycles. The lowest BCUT2D eigenvalue weighted by Gasteiger charge is -2.16. The molecule has 0 radical (unpaired) electrons. The van der Waals surface area contributed by atoms with E-state index in [4.69, 9.17) is 4.74 Å². The standard InChI is InChI=1S/C11H18N2O4/c1-6-16-9(14)7-8(2)12-13-10(15)17-11(3,4)5/h7H,6H2,1-5H3/b8-7+,13-12+. The van der Waals surface area contributed by atoms with E-state index in [1.807, 2.05) is 0 Å². The summed E-state index contributed by atoms with van der Waals surface area (Å²) < 4.78 is 9.56. The van der Waals surface area contributed by atoms with Gasteiger partial charge in [0.1, 0.15) is 5.60 Å². The minimum atomic E-state index is -0.797. The van der Waals surface area contributed by atoms with Crippen LogP contribution in [0.15, 0.2) is 22.0 Å². The molecule has 6 heteroatoms. The SMILES string of the molecule is CCOC(=O)/C=C(C)/N=N/C(=O)OC(C)(C)C. The zero-order valence-corrected chi connectivity index (χ0v) is 10.8. The number of ether oxygens (including phenoxy) is 2. The van der Waals surface area contributed by atoms with E-state index in [1.165, 1.54) is 6.92 Å². The summed E-state index contributed by atoms with van der Waals surface area (Å²) in [4.78, 5) is 22.2. The highest BCUT2D eigenvalue weighted by molar-refractivity contribution is 5.82. The first-order chi connectivity index (χ1) is 7.74. The highest BCUT2D eigenvalue weighted by atomic mass is 16.6. The molecule has 0 aliphatic carbocycles. The summed E-state index contributed by atoms with van der Waals surface area (Å²) >= 11 is 0. The van der Waals surface area contributed by atoms with Crippen LogP contribution in [0.4, 0.5) is 4.79 Å². The molecule has 0 saturated heterocycles. The summed E-state index contributed by atoms with van der Waals surface area (Å²) in [6, 6.07) is 0. The van der Waals surface area contributed by atoms with Crippen LogP contribution in [0.5, 0.6) is 0 Å². The molecule has 6 nitrogen and oxygen atoms in total. The Bertz CT molecular complexity index is 340. The van der Waals surface area contributed by atoms with E-state index in [-0.39, 0.29) is 12.3 Å². The van der Waals surface area contributed by atoms with Crippen molar-refractivity contribution in [3.63, 3.8) is 0 Å². The van der Waals surface area contributed by atoms with Gasteiger partial charge in [0.15, 0.2) is 0 Å². The van der Waals surface area contributed by atoms with E-state index >= 15 is 0 Å². The van der Waals surface area contributed by atoms with Gasteiger partial charge in [0.25, 0.3) is 0 Å². The lowest BCUT2D eigenvalue weighted by molar-refractivity contribution is -0.137. The molecule has 0 atom stereocenters. The van der Waals surface area contributed by atoms with Crippen LogP contribution in [0, 0.1) is 0 Å². The molecule has 17 heavy (non-hydrogen) atoms. The molecule has 1 amide bonds. The number of allylic oxidation sites excluding steroid dienone is 1. The van der Waals surface area contributed by atoms with Gasteiger partial charge in [0.05, 0.1) is 12.3 Å². The minimum absolute atomic E-state index is 0.273. The third-order valence-electron chi connectivity index (χ3n) is 1.30. The summed E-state index contributed by atoms with van der Waals surface area (Å²) in [5.74, 6) is -0.520. The van der Waals surface area contributed by atoms with Crippen molar-refractivity contribution in [1.82, 2.24) is 0 Å². The smallest absolute Gasteiger partial charge is 0.452 e. The van der Waals surface area contributed by atoms with Crippen molar-refractivity contribution in [1.29, 1.82) is 0 Å². The van der Waals surface area contributed by atoms with Gasteiger partial charge in [-0.3, -0.25) is 0 Å².